The number of hydrogen-bond donors (Lipinski definition) is 1. The topological polar surface area (TPSA) is 34.1 Å². The van der Waals surface area contributed by atoms with E-state index in [0.717, 1.165) is 57.8 Å². The van der Waals surface area contributed by atoms with Crippen molar-refractivity contribution < 1.29 is 0 Å². The average Bonchev–Trinajstić information content (AvgIpc) is 3.35. The second-order valence-corrected chi connectivity index (χ2v) is 7.47. The summed E-state index contributed by atoms with van der Waals surface area (Å²) >= 11 is 0. The van der Waals surface area contributed by atoms with Gasteiger partial charge in [0.2, 0.25) is 0 Å². The Hall–Kier alpha value is -0.340. The molecule has 6 heteroatoms. The number of guanidine groups is 1. The van der Waals surface area contributed by atoms with Gasteiger partial charge in [0.05, 0.1) is 6.54 Å². The van der Waals surface area contributed by atoms with Crippen LogP contribution in [0.2, 0.25) is 0 Å². The van der Waals surface area contributed by atoms with Crippen LogP contribution in [0.1, 0.15) is 39.0 Å². The molecule has 3 aliphatic rings. The van der Waals surface area contributed by atoms with Crippen LogP contribution in [0.15, 0.2) is 17.1 Å². The van der Waals surface area contributed by atoms with Crippen molar-refractivity contribution in [3.63, 3.8) is 0 Å². The lowest BCUT2D eigenvalue weighted by Gasteiger charge is -2.26. The van der Waals surface area contributed by atoms with Crippen molar-refractivity contribution in [1.82, 2.24) is 20.0 Å². The molecule has 0 radical (unpaired) electrons. The van der Waals surface area contributed by atoms with Gasteiger partial charge >= 0.3 is 0 Å². The van der Waals surface area contributed by atoms with Gasteiger partial charge in [0, 0.05) is 51.4 Å². The summed E-state index contributed by atoms with van der Waals surface area (Å²) in [7, 11) is 2.27. The smallest absolute Gasteiger partial charge is 0.194 e. The summed E-state index contributed by atoms with van der Waals surface area (Å²) < 4.78 is 0. The molecule has 0 amide bonds. The molecule has 1 atom stereocenters. The summed E-state index contributed by atoms with van der Waals surface area (Å²) in [6, 6.07) is 1.48. The van der Waals surface area contributed by atoms with E-state index in [-0.39, 0.29) is 24.0 Å². The monoisotopic (exact) mass is 461 g/mol. The summed E-state index contributed by atoms with van der Waals surface area (Å²) in [5.41, 5.74) is 0. The molecule has 1 unspecified atom stereocenters. The lowest BCUT2D eigenvalue weighted by Crippen LogP contribution is -2.43. The van der Waals surface area contributed by atoms with E-state index in [4.69, 9.17) is 4.99 Å². The van der Waals surface area contributed by atoms with Gasteiger partial charge in [0.25, 0.3) is 0 Å². The summed E-state index contributed by atoms with van der Waals surface area (Å²) in [6.45, 7) is 9.59. The van der Waals surface area contributed by atoms with Gasteiger partial charge in [-0.25, -0.2) is 0 Å². The number of nitrogens with zero attached hydrogens (tertiary/aromatic N) is 4. The molecular formula is C19H36IN5. The zero-order valence-corrected chi connectivity index (χ0v) is 18.3. The van der Waals surface area contributed by atoms with E-state index in [1.807, 2.05) is 0 Å². The maximum atomic E-state index is 4.92. The van der Waals surface area contributed by atoms with Crippen LogP contribution in [0.4, 0.5) is 0 Å². The van der Waals surface area contributed by atoms with Crippen LogP contribution in [0.25, 0.3) is 0 Å². The third-order valence-electron chi connectivity index (χ3n) is 5.82. The van der Waals surface area contributed by atoms with Crippen molar-refractivity contribution in [2.45, 2.75) is 51.1 Å². The molecule has 1 saturated carbocycles. The SMILES string of the molecule is CCNC(=NCCN(C)C1CCCC1)N1CCC(N2CC=CC2)C1.I. The van der Waals surface area contributed by atoms with Crippen LogP contribution >= 0.6 is 24.0 Å². The standard InChI is InChI=1S/C19H35N5.HI/c1-3-20-19(21-11-15-22(2)17-8-4-5-9-17)24-14-10-18(16-24)23-12-6-7-13-23;/h6-7,17-18H,3-5,8-16H2,1-2H3,(H,20,21);1H. The molecule has 0 aromatic rings. The molecule has 2 heterocycles. The van der Waals surface area contributed by atoms with Gasteiger partial charge in [-0.1, -0.05) is 25.0 Å². The fraction of sp³-hybridized carbons (Fsp3) is 0.842. The van der Waals surface area contributed by atoms with Crippen LogP contribution in [-0.2, 0) is 0 Å². The van der Waals surface area contributed by atoms with Crippen molar-refractivity contribution in [2.24, 2.45) is 4.99 Å². The molecule has 0 aromatic heterocycles. The minimum absolute atomic E-state index is 0. The molecule has 0 aromatic carbocycles. The predicted molar refractivity (Wildman–Crippen MR) is 117 cm³/mol. The zero-order valence-electron chi connectivity index (χ0n) is 16.0. The van der Waals surface area contributed by atoms with E-state index >= 15 is 0 Å². The molecule has 1 saturated heterocycles. The van der Waals surface area contributed by atoms with Gasteiger partial charge in [-0.3, -0.25) is 9.89 Å². The first-order valence-electron chi connectivity index (χ1n) is 9.90. The van der Waals surface area contributed by atoms with E-state index in [2.05, 4.69) is 46.1 Å². The van der Waals surface area contributed by atoms with Gasteiger partial charge in [-0.2, -0.15) is 0 Å². The molecule has 1 aliphatic carbocycles. The fourth-order valence-electron chi connectivity index (χ4n) is 4.29. The maximum Gasteiger partial charge on any atom is 0.194 e. The lowest BCUT2D eigenvalue weighted by molar-refractivity contribution is 0.251. The quantitative estimate of drug-likeness (QED) is 0.285. The minimum atomic E-state index is 0. The number of halogens is 1. The molecule has 0 bridgehead atoms. The van der Waals surface area contributed by atoms with E-state index in [1.165, 1.54) is 32.1 Å². The molecular weight excluding hydrogens is 425 g/mol. The lowest BCUT2D eigenvalue weighted by atomic mass is 10.2. The molecule has 5 nitrogen and oxygen atoms in total. The number of aliphatic imine (C=N–C) groups is 1. The van der Waals surface area contributed by atoms with Gasteiger partial charge in [0.1, 0.15) is 0 Å². The molecule has 144 valence electrons. The Labute approximate surface area is 170 Å². The highest BCUT2D eigenvalue weighted by Gasteiger charge is 2.29. The van der Waals surface area contributed by atoms with Crippen molar-refractivity contribution in [2.75, 3.05) is 52.9 Å². The second-order valence-electron chi connectivity index (χ2n) is 7.47. The van der Waals surface area contributed by atoms with Crippen molar-refractivity contribution in [3.8, 4) is 0 Å². The summed E-state index contributed by atoms with van der Waals surface area (Å²) in [4.78, 5) is 12.5. The summed E-state index contributed by atoms with van der Waals surface area (Å²) in [5, 5.41) is 3.50. The Kier molecular flexibility index (Phi) is 8.99. The number of nitrogens with one attached hydrogen (secondary N) is 1. The number of hydrogen-bond acceptors (Lipinski definition) is 3. The average molecular weight is 461 g/mol. The number of likely N-dealkylation sites (N-methyl/N-ethyl adjacent to an activating group) is 1. The summed E-state index contributed by atoms with van der Waals surface area (Å²) in [5.74, 6) is 1.12. The highest BCUT2D eigenvalue weighted by Crippen LogP contribution is 2.22. The van der Waals surface area contributed by atoms with Crippen molar-refractivity contribution in [3.05, 3.63) is 12.2 Å². The van der Waals surface area contributed by atoms with Crippen molar-refractivity contribution in [1.29, 1.82) is 0 Å². The number of rotatable bonds is 6. The Morgan fingerprint density at radius 1 is 1.20 bits per heavy atom. The molecule has 1 N–H and O–H groups in total. The van der Waals surface area contributed by atoms with Gasteiger partial charge in [0.15, 0.2) is 5.96 Å². The number of likely N-dealkylation sites (tertiary alicyclic amines) is 1. The van der Waals surface area contributed by atoms with E-state index in [1.54, 1.807) is 0 Å². The molecule has 2 fully saturated rings. The Bertz CT molecular complexity index is 439. The molecule has 3 rings (SSSR count). The highest BCUT2D eigenvalue weighted by molar-refractivity contribution is 14.0. The van der Waals surface area contributed by atoms with E-state index < -0.39 is 0 Å². The van der Waals surface area contributed by atoms with Gasteiger partial charge < -0.3 is 15.1 Å². The zero-order chi connectivity index (χ0) is 16.8. The predicted octanol–water partition coefficient (Wildman–Crippen LogP) is 2.39. The van der Waals surface area contributed by atoms with E-state index in [9.17, 15) is 0 Å². The second kappa shape index (κ2) is 10.7. The molecule has 25 heavy (non-hydrogen) atoms. The molecule has 2 aliphatic heterocycles. The normalized spacial score (nSPS) is 25.2. The van der Waals surface area contributed by atoms with Crippen molar-refractivity contribution >= 4 is 29.9 Å². The first-order valence-corrected chi connectivity index (χ1v) is 9.90. The van der Waals surface area contributed by atoms with Crippen LogP contribution in [-0.4, -0.2) is 85.6 Å². The van der Waals surface area contributed by atoms with Gasteiger partial charge in [-0.05, 0) is 33.2 Å². The first kappa shape index (κ1) is 21.0. The fourth-order valence-corrected chi connectivity index (χ4v) is 4.29. The maximum absolute atomic E-state index is 4.92. The van der Waals surface area contributed by atoms with Crippen LogP contribution in [0.5, 0.6) is 0 Å². The van der Waals surface area contributed by atoms with E-state index in [0.29, 0.717) is 6.04 Å². The van der Waals surface area contributed by atoms with Crippen LogP contribution in [0.3, 0.4) is 0 Å². The minimum Gasteiger partial charge on any atom is -0.357 e. The van der Waals surface area contributed by atoms with Crippen LogP contribution in [0, 0.1) is 0 Å². The first-order chi connectivity index (χ1) is 11.8. The summed E-state index contributed by atoms with van der Waals surface area (Å²) in [6.07, 6.45) is 11.4. The Morgan fingerprint density at radius 2 is 1.92 bits per heavy atom. The Morgan fingerprint density at radius 3 is 2.60 bits per heavy atom. The third-order valence-corrected chi connectivity index (χ3v) is 5.82. The highest BCUT2D eigenvalue weighted by atomic mass is 127. The van der Waals surface area contributed by atoms with Crippen LogP contribution < -0.4 is 5.32 Å². The Balaban J connectivity index is 0.00000225. The van der Waals surface area contributed by atoms with Gasteiger partial charge in [-0.15, -0.1) is 24.0 Å². The molecule has 0 spiro atoms. The largest absolute Gasteiger partial charge is 0.357 e. The third kappa shape index (κ3) is 5.82.